The maximum Gasteiger partial charge on any atom is 0.226 e. The zero-order valence-electron chi connectivity index (χ0n) is 16.0. The molecule has 0 amide bonds. The molecule has 6 heteroatoms. The second-order valence-electron chi connectivity index (χ2n) is 7.13. The van der Waals surface area contributed by atoms with Crippen LogP contribution in [0.25, 0.3) is 0 Å². The Hall–Kier alpha value is -2.86. The van der Waals surface area contributed by atoms with Crippen molar-refractivity contribution in [2.75, 3.05) is 21.3 Å². The quantitative estimate of drug-likeness (QED) is 0.658. The van der Waals surface area contributed by atoms with Gasteiger partial charge >= 0.3 is 0 Å². The Morgan fingerprint density at radius 2 is 1.21 bits per heavy atom. The molecule has 2 atom stereocenters. The molecule has 2 aromatic rings. The molecule has 0 saturated heterocycles. The molecule has 4 aliphatic rings. The lowest BCUT2D eigenvalue weighted by molar-refractivity contribution is -0.118. The van der Waals surface area contributed by atoms with Gasteiger partial charge in [-0.25, -0.2) is 0 Å². The highest BCUT2D eigenvalue weighted by atomic mass is 79.9. The van der Waals surface area contributed by atoms with E-state index in [4.69, 9.17) is 14.2 Å². The Balaban J connectivity index is 1.90. The van der Waals surface area contributed by atoms with Gasteiger partial charge in [0.05, 0.1) is 21.3 Å². The minimum absolute atomic E-state index is 0.0437. The van der Waals surface area contributed by atoms with Crippen molar-refractivity contribution in [3.8, 4) is 11.5 Å². The predicted molar refractivity (Wildman–Crippen MR) is 110 cm³/mol. The summed E-state index contributed by atoms with van der Waals surface area (Å²) in [5.41, 5.74) is 4.74. The molecule has 2 bridgehead atoms. The summed E-state index contributed by atoms with van der Waals surface area (Å²) in [6.07, 6.45) is 0. The Kier molecular flexibility index (Phi) is 3.96. The molecule has 0 spiro atoms. The molecular weight excluding hydrogens is 436 g/mol. The average Bonchev–Trinajstić information content (AvgIpc) is 2.76. The molecule has 0 aliphatic heterocycles. The standard InChI is InChI=1S/C23H17BrO5/c1-27-12-8-9-13(28-2)17-15-11-7-5-4-6-10(11)14(16(12)17)18-19(15)22(26)23(29-3)20(24)21(18)25/h4-9,14-15H,1-3H3. The van der Waals surface area contributed by atoms with Crippen LogP contribution < -0.4 is 9.47 Å². The summed E-state index contributed by atoms with van der Waals surface area (Å²) in [5, 5.41) is 0. The number of benzene rings is 2. The first-order valence-corrected chi connectivity index (χ1v) is 9.95. The van der Waals surface area contributed by atoms with Crippen molar-refractivity contribution in [3.63, 3.8) is 0 Å². The van der Waals surface area contributed by atoms with Gasteiger partial charge in [0.15, 0.2) is 5.76 Å². The number of allylic oxidation sites excluding steroid dienone is 3. The first-order valence-electron chi connectivity index (χ1n) is 9.15. The van der Waals surface area contributed by atoms with Crippen molar-refractivity contribution in [1.29, 1.82) is 0 Å². The monoisotopic (exact) mass is 452 g/mol. The third-order valence-electron chi connectivity index (χ3n) is 6.01. The minimum atomic E-state index is -0.423. The lowest BCUT2D eigenvalue weighted by Crippen LogP contribution is -2.38. The highest BCUT2D eigenvalue weighted by Gasteiger charge is 2.53. The molecule has 29 heavy (non-hydrogen) atoms. The summed E-state index contributed by atoms with van der Waals surface area (Å²) in [7, 11) is 4.62. The zero-order chi connectivity index (χ0) is 20.4. The normalized spacial score (nSPS) is 21.7. The van der Waals surface area contributed by atoms with Crippen LogP contribution in [0.2, 0.25) is 0 Å². The summed E-state index contributed by atoms with van der Waals surface area (Å²) < 4.78 is 16.8. The van der Waals surface area contributed by atoms with Crippen LogP contribution in [0, 0.1) is 0 Å². The number of methoxy groups -OCH3 is 3. The lowest BCUT2D eigenvalue weighted by atomic mass is 9.58. The highest BCUT2D eigenvalue weighted by Crippen LogP contribution is 2.61. The van der Waals surface area contributed by atoms with Gasteiger partial charge in [0.25, 0.3) is 0 Å². The van der Waals surface area contributed by atoms with Crippen LogP contribution in [0.5, 0.6) is 11.5 Å². The van der Waals surface area contributed by atoms with Crippen LogP contribution in [0.3, 0.4) is 0 Å². The Morgan fingerprint density at radius 1 is 0.724 bits per heavy atom. The molecule has 0 aromatic heterocycles. The van der Waals surface area contributed by atoms with Crippen LogP contribution in [-0.2, 0) is 14.3 Å². The Labute approximate surface area is 176 Å². The Morgan fingerprint density at radius 3 is 1.66 bits per heavy atom. The molecule has 146 valence electrons. The summed E-state index contributed by atoms with van der Waals surface area (Å²) >= 11 is 3.29. The number of carbonyl (C=O) groups is 2. The topological polar surface area (TPSA) is 61.8 Å². The number of hydrogen-bond acceptors (Lipinski definition) is 5. The fourth-order valence-corrected chi connectivity index (χ4v) is 5.49. The molecule has 0 heterocycles. The summed E-state index contributed by atoms with van der Waals surface area (Å²) in [5.74, 6) is 0.0641. The third-order valence-corrected chi connectivity index (χ3v) is 6.73. The highest BCUT2D eigenvalue weighted by molar-refractivity contribution is 9.12. The fraction of sp³-hybridized carbons (Fsp3) is 0.217. The second kappa shape index (κ2) is 6.32. The second-order valence-corrected chi connectivity index (χ2v) is 7.92. The largest absolute Gasteiger partial charge is 0.496 e. The van der Waals surface area contributed by atoms with Crippen molar-refractivity contribution in [3.05, 3.63) is 80.0 Å². The van der Waals surface area contributed by atoms with E-state index in [1.54, 1.807) is 14.2 Å². The van der Waals surface area contributed by atoms with E-state index in [-0.39, 0.29) is 21.8 Å². The summed E-state index contributed by atoms with van der Waals surface area (Å²) in [6, 6.07) is 11.6. The maximum atomic E-state index is 13.4. The average molecular weight is 453 g/mol. The lowest BCUT2D eigenvalue weighted by Gasteiger charge is -2.44. The van der Waals surface area contributed by atoms with Crippen LogP contribution in [-0.4, -0.2) is 32.9 Å². The first kappa shape index (κ1) is 18.2. The van der Waals surface area contributed by atoms with Gasteiger partial charge in [-0.1, -0.05) is 24.3 Å². The van der Waals surface area contributed by atoms with Crippen molar-refractivity contribution < 1.29 is 23.8 Å². The molecule has 2 aromatic carbocycles. The van der Waals surface area contributed by atoms with Gasteiger partial charge < -0.3 is 14.2 Å². The Bertz CT molecular complexity index is 1170. The molecule has 2 unspecified atom stereocenters. The molecule has 0 N–H and O–H groups in total. The third kappa shape index (κ3) is 2.15. The van der Waals surface area contributed by atoms with E-state index < -0.39 is 11.8 Å². The zero-order valence-corrected chi connectivity index (χ0v) is 17.6. The number of ketones is 2. The number of rotatable bonds is 3. The number of halogens is 1. The van der Waals surface area contributed by atoms with Crippen LogP contribution in [0.4, 0.5) is 0 Å². The minimum Gasteiger partial charge on any atom is -0.496 e. The summed E-state index contributed by atoms with van der Waals surface area (Å²) in [6.45, 7) is 0. The maximum absolute atomic E-state index is 13.4. The van der Waals surface area contributed by atoms with E-state index >= 15 is 0 Å². The van der Waals surface area contributed by atoms with Crippen LogP contribution >= 0.6 is 15.9 Å². The van der Waals surface area contributed by atoms with E-state index in [0.29, 0.717) is 22.6 Å². The fourth-order valence-electron chi connectivity index (χ4n) is 4.94. The van der Waals surface area contributed by atoms with Gasteiger partial charge in [-0.3, -0.25) is 9.59 Å². The molecule has 4 aliphatic carbocycles. The molecule has 0 fully saturated rings. The SMILES string of the molecule is COC1=C(Br)C(=O)C2=C(C1=O)C1c3ccccc3C2c2c(OC)ccc(OC)c21. The van der Waals surface area contributed by atoms with E-state index in [1.165, 1.54) is 7.11 Å². The number of Topliss-reactive ketones (excluding diaryl/α,β-unsaturated/α-hetero) is 2. The van der Waals surface area contributed by atoms with Crippen LogP contribution in [0.1, 0.15) is 34.1 Å². The molecule has 0 radical (unpaired) electrons. The smallest absolute Gasteiger partial charge is 0.226 e. The predicted octanol–water partition coefficient (Wildman–Crippen LogP) is 4.00. The van der Waals surface area contributed by atoms with Crippen molar-refractivity contribution in [2.24, 2.45) is 0 Å². The number of hydrogen-bond donors (Lipinski definition) is 0. The van der Waals surface area contributed by atoms with Gasteiger partial charge in [-0.05, 0) is 39.2 Å². The molecule has 0 saturated carbocycles. The van der Waals surface area contributed by atoms with Gasteiger partial charge in [0.2, 0.25) is 11.6 Å². The number of carbonyl (C=O) groups excluding carboxylic acids is 2. The van der Waals surface area contributed by atoms with E-state index in [2.05, 4.69) is 15.9 Å². The number of ether oxygens (including phenoxy) is 3. The van der Waals surface area contributed by atoms with E-state index in [0.717, 1.165) is 22.3 Å². The van der Waals surface area contributed by atoms with Gasteiger partial charge in [0, 0.05) is 34.1 Å². The van der Waals surface area contributed by atoms with E-state index in [1.807, 2.05) is 36.4 Å². The van der Waals surface area contributed by atoms with Crippen molar-refractivity contribution in [1.82, 2.24) is 0 Å². The van der Waals surface area contributed by atoms with Crippen LogP contribution in [0.15, 0.2) is 57.8 Å². The van der Waals surface area contributed by atoms with Crippen molar-refractivity contribution in [2.45, 2.75) is 11.8 Å². The van der Waals surface area contributed by atoms with Gasteiger partial charge in [-0.2, -0.15) is 0 Å². The van der Waals surface area contributed by atoms with Gasteiger partial charge in [-0.15, -0.1) is 0 Å². The first-order chi connectivity index (χ1) is 14.0. The molecule has 6 rings (SSSR count). The van der Waals surface area contributed by atoms with Crippen molar-refractivity contribution >= 4 is 27.5 Å². The van der Waals surface area contributed by atoms with E-state index in [9.17, 15) is 9.59 Å². The summed E-state index contributed by atoms with van der Waals surface area (Å²) in [4.78, 5) is 26.8. The molecule has 5 nitrogen and oxygen atoms in total. The van der Waals surface area contributed by atoms with Gasteiger partial charge in [0.1, 0.15) is 16.0 Å². The molecular formula is C23H17BrO5.